The van der Waals surface area contributed by atoms with Gasteiger partial charge in [-0.15, -0.1) is 0 Å². The molecule has 3 N–H and O–H groups in total. The van der Waals surface area contributed by atoms with Gasteiger partial charge < -0.3 is 20.3 Å². The molecule has 7 nitrogen and oxygen atoms in total. The topological polar surface area (TPSA) is 103 Å². The van der Waals surface area contributed by atoms with Crippen molar-refractivity contribution >= 4 is 11.6 Å². The number of hydrogen-bond donors (Lipinski definition) is 2. The minimum absolute atomic E-state index is 0.0345. The lowest BCUT2D eigenvalue weighted by Gasteiger charge is -2.18. The molecule has 1 amide bonds. The Hall–Kier alpha value is -2.41. The summed E-state index contributed by atoms with van der Waals surface area (Å²) in [4.78, 5) is 15.8. The zero-order chi connectivity index (χ0) is 15.2. The highest BCUT2D eigenvalue weighted by Crippen LogP contribution is 2.36. The summed E-state index contributed by atoms with van der Waals surface area (Å²) in [7, 11) is 0. The average Bonchev–Trinajstić information content (AvgIpc) is 3.16. The van der Waals surface area contributed by atoms with Crippen molar-refractivity contribution in [2.45, 2.75) is 31.2 Å². The summed E-state index contributed by atoms with van der Waals surface area (Å²) in [5.41, 5.74) is 7.19. The first-order valence-corrected chi connectivity index (χ1v) is 7.34. The van der Waals surface area contributed by atoms with Gasteiger partial charge >= 0.3 is 0 Å². The van der Waals surface area contributed by atoms with Crippen LogP contribution in [0, 0.1) is 0 Å². The summed E-state index contributed by atoms with van der Waals surface area (Å²) in [5, 5.41) is 6.80. The van der Waals surface area contributed by atoms with Crippen molar-refractivity contribution in [1.82, 2.24) is 10.1 Å². The molecule has 7 heteroatoms. The SMILES string of the molecule is NC1(c2noc(-c3ccc4c(c3)NC(=O)CO4)n2)CCCC1. The van der Waals surface area contributed by atoms with E-state index < -0.39 is 5.54 Å². The smallest absolute Gasteiger partial charge is 0.262 e. The first-order chi connectivity index (χ1) is 10.6. The van der Waals surface area contributed by atoms with Crippen molar-refractivity contribution in [1.29, 1.82) is 0 Å². The van der Waals surface area contributed by atoms with E-state index in [0.717, 1.165) is 31.2 Å². The normalized spacial score (nSPS) is 19.4. The number of benzene rings is 1. The molecule has 1 aliphatic carbocycles. The quantitative estimate of drug-likeness (QED) is 0.876. The van der Waals surface area contributed by atoms with Gasteiger partial charge in [0.1, 0.15) is 5.75 Å². The van der Waals surface area contributed by atoms with Gasteiger partial charge in [0.05, 0.1) is 11.2 Å². The summed E-state index contributed by atoms with van der Waals surface area (Å²) in [6.45, 7) is 0.0345. The van der Waals surface area contributed by atoms with Crippen molar-refractivity contribution in [3.63, 3.8) is 0 Å². The van der Waals surface area contributed by atoms with Gasteiger partial charge in [-0.05, 0) is 31.0 Å². The van der Waals surface area contributed by atoms with Crippen LogP contribution in [0.2, 0.25) is 0 Å². The van der Waals surface area contributed by atoms with Gasteiger partial charge in [0.25, 0.3) is 11.8 Å². The summed E-state index contributed by atoms with van der Waals surface area (Å²) < 4.78 is 10.7. The van der Waals surface area contributed by atoms with Gasteiger partial charge in [-0.1, -0.05) is 18.0 Å². The molecule has 0 atom stereocenters. The van der Waals surface area contributed by atoms with E-state index in [-0.39, 0.29) is 12.5 Å². The lowest BCUT2D eigenvalue weighted by atomic mass is 9.99. The van der Waals surface area contributed by atoms with Crippen LogP contribution in [0.3, 0.4) is 0 Å². The molecule has 0 bridgehead atoms. The highest BCUT2D eigenvalue weighted by atomic mass is 16.5. The van der Waals surface area contributed by atoms with Crippen LogP contribution in [-0.2, 0) is 10.3 Å². The van der Waals surface area contributed by atoms with Gasteiger partial charge in [0.15, 0.2) is 12.4 Å². The number of ether oxygens (including phenoxy) is 1. The van der Waals surface area contributed by atoms with Crippen LogP contribution in [0.4, 0.5) is 5.69 Å². The minimum Gasteiger partial charge on any atom is -0.482 e. The Kier molecular flexibility index (Phi) is 2.90. The second kappa shape index (κ2) is 4.81. The number of aromatic nitrogens is 2. The largest absolute Gasteiger partial charge is 0.482 e. The van der Waals surface area contributed by atoms with Crippen molar-refractivity contribution in [2.75, 3.05) is 11.9 Å². The number of amides is 1. The Morgan fingerprint density at radius 1 is 1.27 bits per heavy atom. The fraction of sp³-hybridized carbons (Fsp3) is 0.400. The molecule has 2 aromatic rings. The Balaban J connectivity index is 1.67. The molecular formula is C15H16N4O3. The van der Waals surface area contributed by atoms with E-state index >= 15 is 0 Å². The maximum Gasteiger partial charge on any atom is 0.262 e. The maximum absolute atomic E-state index is 11.4. The molecule has 1 aromatic carbocycles. The number of nitrogens with two attached hydrogens (primary N) is 1. The molecule has 4 rings (SSSR count). The van der Waals surface area contributed by atoms with E-state index in [0.29, 0.717) is 23.2 Å². The molecule has 2 aliphatic rings. The molecule has 0 unspecified atom stereocenters. The van der Waals surface area contributed by atoms with Crippen molar-refractivity contribution in [2.24, 2.45) is 5.73 Å². The maximum atomic E-state index is 11.4. The van der Waals surface area contributed by atoms with Gasteiger partial charge in [0, 0.05) is 5.56 Å². The third-order valence-electron chi connectivity index (χ3n) is 4.23. The standard InChI is InChI=1S/C15H16N4O3/c16-15(5-1-2-6-15)14-18-13(22-19-14)9-3-4-11-10(7-9)17-12(20)8-21-11/h3-4,7H,1-2,5-6,8,16H2,(H,17,20). The van der Waals surface area contributed by atoms with Crippen LogP contribution in [0.15, 0.2) is 22.7 Å². The summed E-state index contributed by atoms with van der Waals surface area (Å²) in [6, 6.07) is 5.37. The van der Waals surface area contributed by atoms with Crippen LogP contribution in [0.1, 0.15) is 31.5 Å². The lowest BCUT2D eigenvalue weighted by Crippen LogP contribution is -2.34. The zero-order valence-electron chi connectivity index (χ0n) is 12.0. The van der Waals surface area contributed by atoms with Crippen molar-refractivity contribution in [3.8, 4) is 17.2 Å². The highest BCUT2D eigenvalue weighted by Gasteiger charge is 2.36. The molecule has 0 radical (unpaired) electrons. The summed E-state index contributed by atoms with van der Waals surface area (Å²) in [5.74, 6) is 1.41. The second-order valence-electron chi connectivity index (χ2n) is 5.83. The molecule has 1 saturated carbocycles. The number of nitrogens with zero attached hydrogens (tertiary/aromatic N) is 2. The Morgan fingerprint density at radius 3 is 2.91 bits per heavy atom. The van der Waals surface area contributed by atoms with E-state index in [1.165, 1.54) is 0 Å². The van der Waals surface area contributed by atoms with Gasteiger partial charge in [-0.2, -0.15) is 4.98 Å². The highest BCUT2D eigenvalue weighted by molar-refractivity contribution is 5.96. The number of anilines is 1. The molecule has 1 aromatic heterocycles. The van der Waals surface area contributed by atoms with E-state index in [2.05, 4.69) is 15.5 Å². The number of hydrogen-bond acceptors (Lipinski definition) is 6. The summed E-state index contributed by atoms with van der Waals surface area (Å²) >= 11 is 0. The number of rotatable bonds is 2. The molecule has 0 saturated heterocycles. The Labute approximate surface area is 126 Å². The van der Waals surface area contributed by atoms with Crippen LogP contribution in [-0.4, -0.2) is 22.7 Å². The van der Waals surface area contributed by atoms with Gasteiger partial charge in [-0.25, -0.2) is 0 Å². The monoisotopic (exact) mass is 300 g/mol. The predicted octanol–water partition coefficient (Wildman–Crippen LogP) is 1.80. The van der Waals surface area contributed by atoms with Crippen LogP contribution in [0.5, 0.6) is 5.75 Å². The Morgan fingerprint density at radius 2 is 2.09 bits per heavy atom. The molecule has 1 fully saturated rings. The van der Waals surface area contributed by atoms with E-state index in [1.807, 2.05) is 6.07 Å². The lowest BCUT2D eigenvalue weighted by molar-refractivity contribution is -0.118. The van der Waals surface area contributed by atoms with Gasteiger partial charge in [0.2, 0.25) is 0 Å². The van der Waals surface area contributed by atoms with E-state index in [1.54, 1.807) is 12.1 Å². The minimum atomic E-state index is -0.479. The fourth-order valence-electron chi connectivity index (χ4n) is 2.99. The molecule has 0 spiro atoms. The molecule has 1 aliphatic heterocycles. The first-order valence-electron chi connectivity index (χ1n) is 7.34. The zero-order valence-corrected chi connectivity index (χ0v) is 12.0. The third-order valence-corrected chi connectivity index (χ3v) is 4.23. The molecule has 2 heterocycles. The molecular weight excluding hydrogens is 284 g/mol. The molecule has 114 valence electrons. The van der Waals surface area contributed by atoms with Crippen LogP contribution in [0.25, 0.3) is 11.5 Å². The number of carbonyl (C=O) groups excluding carboxylic acids is 1. The van der Waals surface area contributed by atoms with Crippen LogP contribution < -0.4 is 15.8 Å². The number of nitrogens with one attached hydrogen (secondary N) is 1. The first kappa shape index (κ1) is 13.3. The van der Waals surface area contributed by atoms with E-state index in [9.17, 15) is 4.79 Å². The number of carbonyl (C=O) groups is 1. The summed E-state index contributed by atoms with van der Waals surface area (Å²) in [6.07, 6.45) is 3.92. The number of fused-ring (bicyclic) bond motifs is 1. The van der Waals surface area contributed by atoms with Crippen LogP contribution >= 0.6 is 0 Å². The molecule has 22 heavy (non-hydrogen) atoms. The predicted molar refractivity (Wildman–Crippen MR) is 78.2 cm³/mol. The third kappa shape index (κ3) is 2.14. The van der Waals surface area contributed by atoms with Gasteiger partial charge in [-0.3, -0.25) is 4.79 Å². The fourth-order valence-corrected chi connectivity index (χ4v) is 2.99. The van der Waals surface area contributed by atoms with Crippen molar-refractivity contribution < 1.29 is 14.1 Å². The Bertz CT molecular complexity index is 734. The second-order valence-corrected chi connectivity index (χ2v) is 5.83. The van der Waals surface area contributed by atoms with Crippen molar-refractivity contribution in [3.05, 3.63) is 24.0 Å². The van der Waals surface area contributed by atoms with E-state index in [4.69, 9.17) is 15.0 Å². The average molecular weight is 300 g/mol.